The minimum Gasteiger partial charge on any atom is -0.348 e. The smallest absolute Gasteiger partial charge is 0.332 e. The van der Waals surface area contributed by atoms with E-state index < -0.39 is 5.69 Å². The first-order chi connectivity index (χ1) is 18.4. The van der Waals surface area contributed by atoms with E-state index in [2.05, 4.69) is 5.32 Å². The third-order valence-corrected chi connectivity index (χ3v) is 6.92. The van der Waals surface area contributed by atoms with E-state index in [1.54, 1.807) is 59.2 Å². The minimum atomic E-state index is -0.423. The number of carbonyl (C=O) groups excluding carboxylic acids is 1. The van der Waals surface area contributed by atoms with Gasteiger partial charge in [0.15, 0.2) is 0 Å². The Kier molecular flexibility index (Phi) is 7.24. The normalized spacial score (nSPS) is 11.0. The van der Waals surface area contributed by atoms with Crippen molar-refractivity contribution in [1.29, 1.82) is 0 Å². The van der Waals surface area contributed by atoms with Gasteiger partial charge >= 0.3 is 5.69 Å². The van der Waals surface area contributed by atoms with Crippen LogP contribution in [0.2, 0.25) is 5.02 Å². The molecule has 0 saturated carbocycles. The molecule has 1 aromatic heterocycles. The maximum absolute atomic E-state index is 13.6. The number of hydrogen-bond acceptors (Lipinski definition) is 3. The van der Waals surface area contributed by atoms with Crippen LogP contribution >= 0.6 is 11.6 Å². The summed E-state index contributed by atoms with van der Waals surface area (Å²) in [4.78, 5) is 39.5. The van der Waals surface area contributed by atoms with Crippen molar-refractivity contribution in [2.24, 2.45) is 0 Å². The molecular formula is C31H26ClN3O3. The highest BCUT2D eigenvalue weighted by Gasteiger charge is 2.15. The molecule has 0 radical (unpaired) electrons. The van der Waals surface area contributed by atoms with Gasteiger partial charge in [0.1, 0.15) is 0 Å². The number of hydrogen-bond donors (Lipinski definition) is 1. The van der Waals surface area contributed by atoms with Crippen molar-refractivity contribution in [2.45, 2.75) is 26.6 Å². The van der Waals surface area contributed by atoms with Crippen molar-refractivity contribution in [3.8, 4) is 0 Å². The highest BCUT2D eigenvalue weighted by molar-refractivity contribution is 6.31. The Labute approximate surface area is 224 Å². The average Bonchev–Trinajstić information content (AvgIpc) is 2.94. The molecule has 0 bridgehead atoms. The predicted molar refractivity (Wildman–Crippen MR) is 151 cm³/mol. The van der Waals surface area contributed by atoms with Gasteiger partial charge in [0.05, 0.1) is 24.0 Å². The van der Waals surface area contributed by atoms with E-state index in [4.69, 9.17) is 11.6 Å². The maximum Gasteiger partial charge on any atom is 0.332 e. The van der Waals surface area contributed by atoms with E-state index in [0.717, 1.165) is 22.3 Å². The van der Waals surface area contributed by atoms with Crippen LogP contribution in [0.1, 0.15) is 32.6 Å². The van der Waals surface area contributed by atoms with Gasteiger partial charge in [-0.1, -0.05) is 83.9 Å². The summed E-state index contributed by atoms with van der Waals surface area (Å²) in [6.07, 6.45) is 0. The highest BCUT2D eigenvalue weighted by Crippen LogP contribution is 2.18. The van der Waals surface area contributed by atoms with Gasteiger partial charge in [-0.15, -0.1) is 0 Å². The maximum atomic E-state index is 13.6. The Morgan fingerprint density at radius 2 is 1.42 bits per heavy atom. The van der Waals surface area contributed by atoms with Crippen LogP contribution in [-0.2, 0) is 19.6 Å². The molecule has 4 aromatic carbocycles. The second-order valence-electron chi connectivity index (χ2n) is 9.23. The molecule has 0 fully saturated rings. The summed E-state index contributed by atoms with van der Waals surface area (Å²) in [5.41, 5.74) is 3.98. The van der Waals surface area contributed by atoms with Gasteiger partial charge in [-0.3, -0.25) is 18.7 Å². The van der Waals surface area contributed by atoms with Gasteiger partial charge in [0, 0.05) is 17.1 Å². The quantitative estimate of drug-likeness (QED) is 0.320. The molecule has 0 aliphatic rings. The summed E-state index contributed by atoms with van der Waals surface area (Å²) in [7, 11) is 0. The number of halogens is 1. The van der Waals surface area contributed by atoms with E-state index >= 15 is 0 Å². The Hall–Kier alpha value is -4.42. The van der Waals surface area contributed by atoms with E-state index in [-0.39, 0.29) is 24.6 Å². The Balaban J connectivity index is 1.41. The summed E-state index contributed by atoms with van der Waals surface area (Å²) >= 11 is 6.37. The number of carbonyl (C=O) groups is 1. The Morgan fingerprint density at radius 1 is 0.763 bits per heavy atom. The van der Waals surface area contributed by atoms with Gasteiger partial charge in [-0.25, -0.2) is 4.79 Å². The van der Waals surface area contributed by atoms with Crippen molar-refractivity contribution >= 4 is 28.4 Å². The van der Waals surface area contributed by atoms with Crippen molar-refractivity contribution in [3.63, 3.8) is 0 Å². The van der Waals surface area contributed by atoms with Gasteiger partial charge in [0.2, 0.25) is 0 Å². The largest absolute Gasteiger partial charge is 0.348 e. The molecule has 0 unspecified atom stereocenters. The topological polar surface area (TPSA) is 73.1 Å². The lowest BCUT2D eigenvalue weighted by Crippen LogP contribution is -2.40. The fraction of sp³-hybridized carbons (Fsp3) is 0.129. The highest BCUT2D eigenvalue weighted by atomic mass is 35.5. The predicted octanol–water partition coefficient (Wildman–Crippen LogP) is 5.15. The molecule has 5 rings (SSSR count). The molecule has 0 saturated heterocycles. The molecule has 6 nitrogen and oxygen atoms in total. The fourth-order valence-corrected chi connectivity index (χ4v) is 4.59. The summed E-state index contributed by atoms with van der Waals surface area (Å²) in [6, 6.07) is 29.3. The molecular weight excluding hydrogens is 498 g/mol. The standard InChI is InChI=1S/C31H26ClN3O3/c1-21-10-12-22(13-11-21)18-33-29(36)24-16-14-23(15-17-24)19-35-30(37)26-7-3-5-9-28(26)34(31(35)38)20-25-6-2-4-8-27(25)32/h2-17H,18-20H2,1H3,(H,33,36). The molecule has 5 aromatic rings. The van der Waals surface area contributed by atoms with Crippen LogP contribution in [0.25, 0.3) is 10.9 Å². The van der Waals surface area contributed by atoms with E-state index in [9.17, 15) is 14.4 Å². The van der Waals surface area contributed by atoms with E-state index in [1.165, 1.54) is 4.57 Å². The van der Waals surface area contributed by atoms with Crippen molar-refractivity contribution in [2.75, 3.05) is 0 Å². The number of aromatic nitrogens is 2. The molecule has 1 heterocycles. The number of nitrogens with zero attached hydrogens (tertiary/aromatic N) is 2. The number of fused-ring (bicyclic) bond motifs is 1. The van der Waals surface area contributed by atoms with Crippen LogP contribution in [0.15, 0.2) is 107 Å². The van der Waals surface area contributed by atoms with Crippen molar-refractivity contribution in [1.82, 2.24) is 14.5 Å². The molecule has 0 aliphatic carbocycles. The van der Waals surface area contributed by atoms with Crippen LogP contribution in [0, 0.1) is 6.92 Å². The molecule has 1 N–H and O–H groups in total. The van der Waals surface area contributed by atoms with Crippen LogP contribution < -0.4 is 16.6 Å². The Morgan fingerprint density at radius 3 is 2.16 bits per heavy atom. The summed E-state index contributed by atoms with van der Waals surface area (Å²) in [5, 5.41) is 3.92. The molecule has 0 atom stereocenters. The van der Waals surface area contributed by atoms with E-state index in [1.807, 2.05) is 49.4 Å². The zero-order valence-corrected chi connectivity index (χ0v) is 21.6. The second kappa shape index (κ2) is 10.9. The summed E-state index contributed by atoms with van der Waals surface area (Å²) < 4.78 is 2.80. The van der Waals surface area contributed by atoms with Gasteiger partial charge < -0.3 is 5.32 Å². The zero-order chi connectivity index (χ0) is 26.6. The average molecular weight is 524 g/mol. The fourth-order valence-electron chi connectivity index (χ4n) is 4.39. The summed E-state index contributed by atoms with van der Waals surface area (Å²) in [6.45, 7) is 2.76. The molecule has 1 amide bonds. The monoisotopic (exact) mass is 523 g/mol. The molecule has 7 heteroatoms. The third kappa shape index (κ3) is 5.31. The minimum absolute atomic E-state index is 0.0797. The number of nitrogens with one attached hydrogen (secondary N) is 1. The SMILES string of the molecule is Cc1ccc(CNC(=O)c2ccc(Cn3c(=O)c4ccccc4n(Cc4ccccc4Cl)c3=O)cc2)cc1. The van der Waals surface area contributed by atoms with Crippen molar-refractivity contribution in [3.05, 3.63) is 151 Å². The van der Waals surface area contributed by atoms with Crippen LogP contribution in [0.3, 0.4) is 0 Å². The first-order valence-corrected chi connectivity index (χ1v) is 12.7. The van der Waals surface area contributed by atoms with Gasteiger partial charge in [-0.05, 0) is 53.9 Å². The lowest BCUT2D eigenvalue weighted by molar-refractivity contribution is 0.0951. The van der Waals surface area contributed by atoms with E-state index in [0.29, 0.717) is 28.0 Å². The lowest BCUT2D eigenvalue weighted by Gasteiger charge is -2.15. The number of rotatable bonds is 7. The second-order valence-corrected chi connectivity index (χ2v) is 9.64. The number of benzene rings is 4. The van der Waals surface area contributed by atoms with Gasteiger partial charge in [0.25, 0.3) is 11.5 Å². The number of aryl methyl sites for hydroxylation is 1. The molecule has 0 spiro atoms. The Bertz CT molecular complexity index is 1740. The molecule has 0 aliphatic heterocycles. The molecule has 190 valence electrons. The number of para-hydroxylation sites is 1. The molecule has 38 heavy (non-hydrogen) atoms. The zero-order valence-electron chi connectivity index (χ0n) is 20.9. The number of amides is 1. The lowest BCUT2D eigenvalue weighted by atomic mass is 10.1. The first kappa shape index (κ1) is 25.2. The van der Waals surface area contributed by atoms with Gasteiger partial charge in [-0.2, -0.15) is 0 Å². The van der Waals surface area contributed by atoms with Crippen molar-refractivity contribution < 1.29 is 4.79 Å². The van der Waals surface area contributed by atoms with Crippen LogP contribution in [-0.4, -0.2) is 15.0 Å². The summed E-state index contributed by atoms with van der Waals surface area (Å²) in [5.74, 6) is -0.193. The third-order valence-electron chi connectivity index (χ3n) is 6.55. The van der Waals surface area contributed by atoms with Crippen LogP contribution in [0.5, 0.6) is 0 Å². The first-order valence-electron chi connectivity index (χ1n) is 12.3. The van der Waals surface area contributed by atoms with Crippen LogP contribution in [0.4, 0.5) is 0 Å².